The third kappa shape index (κ3) is 1.94. The lowest BCUT2D eigenvalue weighted by Crippen LogP contribution is -2.22. The number of nitrogens with zero attached hydrogens (tertiary/aromatic N) is 1. The number of benzene rings is 2. The van der Waals surface area contributed by atoms with Gasteiger partial charge in [-0.05, 0) is 42.6 Å². The molecule has 0 saturated heterocycles. The summed E-state index contributed by atoms with van der Waals surface area (Å²) in [6.07, 6.45) is 0. The molecule has 1 heterocycles. The summed E-state index contributed by atoms with van der Waals surface area (Å²) in [7, 11) is 0. The fourth-order valence-corrected chi connectivity index (χ4v) is 2.92. The molecule has 3 nitrogen and oxygen atoms in total. The monoisotopic (exact) mass is 269 g/mol. The van der Waals surface area contributed by atoms with Crippen LogP contribution in [0.15, 0.2) is 53.4 Å². The molecule has 0 unspecified atom stereocenters. The molecule has 0 saturated carbocycles. The number of fused-ring (bicyclic) bond motifs is 1. The molecule has 0 atom stereocenters. The van der Waals surface area contributed by atoms with Gasteiger partial charge in [0.25, 0.3) is 11.8 Å². The van der Waals surface area contributed by atoms with Crippen LogP contribution in [0.2, 0.25) is 0 Å². The molecule has 2 amide bonds. The van der Waals surface area contributed by atoms with E-state index in [1.807, 2.05) is 31.2 Å². The summed E-state index contributed by atoms with van der Waals surface area (Å²) in [5.74, 6) is -0.484. The molecule has 2 aromatic carbocycles. The first-order valence-corrected chi connectivity index (χ1v) is 6.67. The van der Waals surface area contributed by atoms with Gasteiger partial charge in [-0.1, -0.05) is 30.3 Å². The standard InChI is InChI=1S/C15H11NO2S/c1-10-6-2-5-9-13(10)19-16-14(17)11-7-3-4-8-12(11)15(16)18/h2-9H,1H3. The SMILES string of the molecule is Cc1ccccc1SN1C(=O)c2ccccc2C1=O. The summed E-state index contributed by atoms with van der Waals surface area (Å²) in [4.78, 5) is 25.3. The molecule has 0 aromatic heterocycles. The number of hydrogen-bond donors (Lipinski definition) is 0. The number of imide groups is 1. The van der Waals surface area contributed by atoms with Crippen molar-refractivity contribution in [3.8, 4) is 0 Å². The van der Waals surface area contributed by atoms with Gasteiger partial charge in [0, 0.05) is 4.90 Å². The summed E-state index contributed by atoms with van der Waals surface area (Å²) >= 11 is 1.18. The van der Waals surface area contributed by atoms with Crippen LogP contribution < -0.4 is 0 Å². The van der Waals surface area contributed by atoms with Crippen LogP contribution >= 0.6 is 11.9 Å². The van der Waals surface area contributed by atoms with Crippen molar-refractivity contribution in [2.75, 3.05) is 0 Å². The zero-order valence-corrected chi connectivity index (χ0v) is 11.1. The van der Waals surface area contributed by atoms with Crippen molar-refractivity contribution in [3.05, 3.63) is 65.2 Å². The fourth-order valence-electron chi connectivity index (χ4n) is 2.01. The molecule has 0 spiro atoms. The number of carbonyl (C=O) groups is 2. The predicted molar refractivity (Wildman–Crippen MR) is 74.0 cm³/mol. The lowest BCUT2D eigenvalue weighted by molar-refractivity contribution is 0.0777. The molecule has 1 aliphatic heterocycles. The smallest absolute Gasteiger partial charge is 0.268 e. The Labute approximate surface area is 115 Å². The molecule has 4 heteroatoms. The molecule has 0 aliphatic carbocycles. The van der Waals surface area contributed by atoms with Gasteiger partial charge >= 0.3 is 0 Å². The second-order valence-electron chi connectivity index (χ2n) is 4.31. The van der Waals surface area contributed by atoms with Gasteiger partial charge < -0.3 is 0 Å². The van der Waals surface area contributed by atoms with Gasteiger partial charge in [0.2, 0.25) is 0 Å². The van der Waals surface area contributed by atoms with Crippen molar-refractivity contribution in [2.45, 2.75) is 11.8 Å². The Kier molecular flexibility index (Phi) is 2.87. The molecular formula is C15H11NO2S. The van der Waals surface area contributed by atoms with Gasteiger partial charge in [0.05, 0.1) is 11.1 Å². The number of carbonyl (C=O) groups excluding carboxylic acids is 2. The highest BCUT2D eigenvalue weighted by Gasteiger charge is 2.36. The Balaban J connectivity index is 1.95. The van der Waals surface area contributed by atoms with E-state index >= 15 is 0 Å². The van der Waals surface area contributed by atoms with E-state index in [9.17, 15) is 9.59 Å². The van der Waals surface area contributed by atoms with Crippen LogP contribution in [-0.2, 0) is 0 Å². The normalized spacial score (nSPS) is 13.8. The summed E-state index contributed by atoms with van der Waals surface area (Å²) in [6.45, 7) is 1.96. The zero-order valence-electron chi connectivity index (χ0n) is 10.3. The average molecular weight is 269 g/mol. The second-order valence-corrected chi connectivity index (χ2v) is 5.29. The largest absolute Gasteiger partial charge is 0.272 e. The van der Waals surface area contributed by atoms with Gasteiger partial charge in [0.1, 0.15) is 0 Å². The number of amides is 2. The van der Waals surface area contributed by atoms with Gasteiger partial charge in [-0.25, -0.2) is 4.31 Å². The molecule has 2 aromatic rings. The van der Waals surface area contributed by atoms with Crippen LogP contribution in [-0.4, -0.2) is 16.1 Å². The number of aryl methyl sites for hydroxylation is 1. The zero-order chi connectivity index (χ0) is 13.4. The fraction of sp³-hybridized carbons (Fsp3) is 0.0667. The minimum Gasteiger partial charge on any atom is -0.268 e. The highest BCUT2D eigenvalue weighted by molar-refractivity contribution is 7.98. The van der Waals surface area contributed by atoms with Crippen molar-refractivity contribution in [1.82, 2.24) is 4.31 Å². The lowest BCUT2D eigenvalue weighted by atomic mass is 10.1. The van der Waals surface area contributed by atoms with Crippen molar-refractivity contribution < 1.29 is 9.59 Å². The van der Waals surface area contributed by atoms with Crippen molar-refractivity contribution in [3.63, 3.8) is 0 Å². The first kappa shape index (κ1) is 12.0. The molecule has 0 radical (unpaired) electrons. The first-order valence-electron chi connectivity index (χ1n) is 5.90. The molecule has 0 fully saturated rings. The van der Waals surface area contributed by atoms with E-state index in [0.717, 1.165) is 10.5 Å². The maximum absolute atomic E-state index is 12.2. The summed E-state index contributed by atoms with van der Waals surface area (Å²) in [5, 5.41) is 0. The van der Waals surface area contributed by atoms with E-state index in [1.165, 1.54) is 16.3 Å². The van der Waals surface area contributed by atoms with E-state index in [1.54, 1.807) is 24.3 Å². The summed E-state index contributed by atoms with van der Waals surface area (Å²) < 4.78 is 1.23. The Morgan fingerprint density at radius 3 is 1.95 bits per heavy atom. The highest BCUT2D eigenvalue weighted by Crippen LogP contribution is 2.33. The van der Waals surface area contributed by atoms with E-state index in [0.29, 0.717) is 11.1 Å². The van der Waals surface area contributed by atoms with Crippen LogP contribution in [0.1, 0.15) is 26.3 Å². The molecule has 19 heavy (non-hydrogen) atoms. The number of rotatable bonds is 2. The molecule has 0 bridgehead atoms. The van der Waals surface area contributed by atoms with Crippen LogP contribution in [0.3, 0.4) is 0 Å². The molecule has 3 rings (SSSR count). The van der Waals surface area contributed by atoms with Gasteiger partial charge in [0.15, 0.2) is 0 Å². The minimum absolute atomic E-state index is 0.242. The van der Waals surface area contributed by atoms with Crippen molar-refractivity contribution in [2.24, 2.45) is 0 Å². The van der Waals surface area contributed by atoms with Crippen molar-refractivity contribution >= 4 is 23.8 Å². The maximum Gasteiger partial charge on any atom is 0.272 e. The van der Waals surface area contributed by atoms with Crippen LogP contribution in [0.5, 0.6) is 0 Å². The topological polar surface area (TPSA) is 37.4 Å². The Morgan fingerprint density at radius 1 is 0.842 bits per heavy atom. The third-order valence-corrected chi connectivity index (χ3v) is 4.21. The van der Waals surface area contributed by atoms with Crippen LogP contribution in [0, 0.1) is 6.92 Å². The predicted octanol–water partition coefficient (Wildman–Crippen LogP) is 3.30. The third-order valence-electron chi connectivity index (χ3n) is 3.04. The van der Waals surface area contributed by atoms with Crippen molar-refractivity contribution in [1.29, 1.82) is 0 Å². The Bertz CT molecular complexity index is 646. The van der Waals surface area contributed by atoms with Crippen LogP contribution in [0.25, 0.3) is 0 Å². The van der Waals surface area contributed by atoms with Crippen LogP contribution in [0.4, 0.5) is 0 Å². The number of hydrogen-bond acceptors (Lipinski definition) is 3. The molecule has 0 N–H and O–H groups in total. The van der Waals surface area contributed by atoms with E-state index in [4.69, 9.17) is 0 Å². The lowest BCUT2D eigenvalue weighted by Gasteiger charge is -2.13. The molecule has 1 aliphatic rings. The maximum atomic E-state index is 12.2. The molecular weight excluding hydrogens is 258 g/mol. The van der Waals surface area contributed by atoms with E-state index in [-0.39, 0.29) is 11.8 Å². The second kappa shape index (κ2) is 4.55. The van der Waals surface area contributed by atoms with Gasteiger partial charge in [-0.2, -0.15) is 0 Å². The van der Waals surface area contributed by atoms with Gasteiger partial charge in [-0.3, -0.25) is 9.59 Å². The van der Waals surface area contributed by atoms with E-state index < -0.39 is 0 Å². The summed E-state index contributed by atoms with van der Waals surface area (Å²) in [6, 6.07) is 14.6. The quantitative estimate of drug-likeness (QED) is 0.620. The highest BCUT2D eigenvalue weighted by atomic mass is 32.2. The molecule has 94 valence electrons. The first-order chi connectivity index (χ1) is 9.18. The summed E-state index contributed by atoms with van der Waals surface area (Å²) in [5.41, 5.74) is 2.01. The average Bonchev–Trinajstić information content (AvgIpc) is 2.67. The Hall–Kier alpha value is -2.07. The van der Waals surface area contributed by atoms with Gasteiger partial charge in [-0.15, -0.1) is 0 Å². The minimum atomic E-state index is -0.242. The Morgan fingerprint density at radius 2 is 1.37 bits per heavy atom. The van der Waals surface area contributed by atoms with E-state index in [2.05, 4.69) is 0 Å².